The molecule has 0 atom stereocenters. The highest BCUT2D eigenvalue weighted by atomic mass is 19.4. The van der Waals surface area contributed by atoms with Crippen molar-refractivity contribution in [3.05, 3.63) is 89.0 Å². The number of anilines is 2. The number of aliphatic carboxylic acids is 1. The number of hydrogen-bond acceptors (Lipinski definition) is 6. The number of unbranched alkanes of at least 4 members (excludes halogenated alkanes) is 1. The summed E-state index contributed by atoms with van der Waals surface area (Å²) in [6.45, 7) is 0.140. The Labute approximate surface area is 230 Å². The second-order valence-electron chi connectivity index (χ2n) is 9.24. The molecule has 0 amide bonds. The van der Waals surface area contributed by atoms with Gasteiger partial charge in [-0.15, -0.1) is 0 Å². The van der Waals surface area contributed by atoms with E-state index in [4.69, 9.17) is 20.9 Å². The Morgan fingerprint density at radius 1 is 0.850 bits per heavy atom. The molecule has 7 nitrogen and oxygen atoms in total. The normalized spacial score (nSPS) is 11.7. The van der Waals surface area contributed by atoms with E-state index in [1.807, 2.05) is 12.1 Å². The van der Waals surface area contributed by atoms with Crippen molar-refractivity contribution in [3.8, 4) is 11.5 Å². The van der Waals surface area contributed by atoms with Gasteiger partial charge in [0.15, 0.2) is 0 Å². The third kappa shape index (κ3) is 10.4. The highest BCUT2D eigenvalue weighted by molar-refractivity contribution is 5.92. The average Bonchev–Trinajstić information content (AvgIpc) is 2.88. The molecule has 3 aromatic rings. The minimum atomic E-state index is -4.17. The Bertz CT molecular complexity index is 1300. The van der Waals surface area contributed by atoms with Crippen LogP contribution in [-0.4, -0.2) is 29.8 Å². The van der Waals surface area contributed by atoms with Gasteiger partial charge in [-0.25, -0.2) is 9.59 Å². The van der Waals surface area contributed by atoms with Crippen molar-refractivity contribution in [1.29, 1.82) is 0 Å². The van der Waals surface area contributed by atoms with Gasteiger partial charge in [0.25, 0.3) is 0 Å². The van der Waals surface area contributed by atoms with Gasteiger partial charge >= 0.3 is 18.1 Å². The standard InChI is InChI=1S/C30H31F3N2O5/c31-30(32,33)14-1-2-15-39-26-12-8-22(9-13-26)29(38)40-27-10-6-20(7-11-27)16-23(28(36)37)5-3-4-21-17-24(34)19-25(35)18-21/h6-13,16-19H,1-5,14-15,34-35H2,(H,36,37). The number of ether oxygens (including phenoxy) is 2. The summed E-state index contributed by atoms with van der Waals surface area (Å²) in [5.74, 6) is -0.904. The molecule has 0 aliphatic carbocycles. The van der Waals surface area contributed by atoms with Crippen LogP contribution in [0.25, 0.3) is 6.08 Å². The molecule has 0 heterocycles. The van der Waals surface area contributed by atoms with Gasteiger partial charge in [0.2, 0.25) is 0 Å². The fraction of sp³-hybridized carbons (Fsp3) is 0.267. The number of aryl methyl sites for hydroxylation is 1. The van der Waals surface area contributed by atoms with E-state index in [9.17, 15) is 27.9 Å². The molecule has 0 saturated heterocycles. The number of carbonyl (C=O) groups is 2. The number of esters is 1. The largest absolute Gasteiger partial charge is 0.494 e. The molecule has 3 rings (SSSR count). The summed E-state index contributed by atoms with van der Waals surface area (Å²) in [5, 5.41) is 9.61. The Morgan fingerprint density at radius 3 is 2.08 bits per heavy atom. The van der Waals surface area contributed by atoms with Gasteiger partial charge in [0.1, 0.15) is 11.5 Å². The van der Waals surface area contributed by atoms with E-state index in [0.717, 1.165) is 5.56 Å². The summed E-state index contributed by atoms with van der Waals surface area (Å²) in [7, 11) is 0. The van der Waals surface area contributed by atoms with E-state index in [0.29, 0.717) is 42.0 Å². The van der Waals surface area contributed by atoms with E-state index in [2.05, 4.69) is 0 Å². The quantitative estimate of drug-likeness (QED) is 0.0706. The smallest absolute Gasteiger partial charge is 0.389 e. The van der Waals surface area contributed by atoms with Gasteiger partial charge in [-0.3, -0.25) is 0 Å². The van der Waals surface area contributed by atoms with Crippen LogP contribution in [0.1, 0.15) is 53.6 Å². The maximum Gasteiger partial charge on any atom is 0.389 e. The first-order valence-electron chi connectivity index (χ1n) is 12.7. The lowest BCUT2D eigenvalue weighted by Gasteiger charge is -2.09. The number of hydrogen-bond donors (Lipinski definition) is 3. The van der Waals surface area contributed by atoms with Crippen LogP contribution < -0.4 is 20.9 Å². The van der Waals surface area contributed by atoms with Crippen molar-refractivity contribution >= 4 is 29.4 Å². The summed E-state index contributed by atoms with van der Waals surface area (Å²) < 4.78 is 47.3. The number of nitrogen functional groups attached to an aromatic ring is 2. The Kier molecular flexibility index (Phi) is 10.6. The van der Waals surface area contributed by atoms with Crippen molar-refractivity contribution in [2.45, 2.75) is 44.7 Å². The van der Waals surface area contributed by atoms with Crippen LogP contribution in [0, 0.1) is 0 Å². The number of nitrogens with two attached hydrogens (primary N) is 2. The van der Waals surface area contributed by atoms with Crippen molar-refractivity contribution in [1.82, 2.24) is 0 Å². The zero-order chi connectivity index (χ0) is 29.1. The molecule has 0 fully saturated rings. The number of rotatable bonds is 13. The Hall–Kier alpha value is -4.47. The van der Waals surface area contributed by atoms with Gasteiger partial charge in [0.05, 0.1) is 12.2 Å². The fourth-order valence-corrected chi connectivity index (χ4v) is 3.92. The van der Waals surface area contributed by atoms with Crippen LogP contribution in [0.4, 0.5) is 24.5 Å². The predicted molar refractivity (Wildman–Crippen MR) is 147 cm³/mol. The molecule has 0 unspecified atom stereocenters. The van der Waals surface area contributed by atoms with Crippen LogP contribution in [0.5, 0.6) is 11.5 Å². The first-order chi connectivity index (χ1) is 19.0. The summed E-state index contributed by atoms with van der Waals surface area (Å²) in [5.41, 5.74) is 14.8. The van der Waals surface area contributed by atoms with Crippen molar-refractivity contribution in [2.24, 2.45) is 0 Å². The second-order valence-corrected chi connectivity index (χ2v) is 9.24. The van der Waals surface area contributed by atoms with E-state index < -0.39 is 24.5 Å². The highest BCUT2D eigenvalue weighted by Gasteiger charge is 2.25. The molecule has 0 radical (unpaired) electrons. The number of halogens is 3. The molecule has 10 heteroatoms. The molecule has 212 valence electrons. The lowest BCUT2D eigenvalue weighted by Crippen LogP contribution is -2.09. The minimum Gasteiger partial charge on any atom is -0.494 e. The number of benzene rings is 3. The number of carbonyl (C=O) groups excluding carboxylic acids is 1. The molecule has 5 N–H and O–H groups in total. The third-order valence-electron chi connectivity index (χ3n) is 5.87. The maximum absolute atomic E-state index is 12.5. The van der Waals surface area contributed by atoms with Gasteiger partial charge in [-0.1, -0.05) is 12.1 Å². The fourth-order valence-electron chi connectivity index (χ4n) is 3.92. The third-order valence-corrected chi connectivity index (χ3v) is 5.87. The van der Waals surface area contributed by atoms with E-state index in [1.165, 1.54) is 12.1 Å². The van der Waals surface area contributed by atoms with Crippen molar-refractivity contribution in [3.63, 3.8) is 0 Å². The summed E-state index contributed by atoms with van der Waals surface area (Å²) in [6, 6.07) is 17.8. The maximum atomic E-state index is 12.5. The lowest BCUT2D eigenvalue weighted by atomic mass is 10.0. The summed E-state index contributed by atoms with van der Waals surface area (Å²) >= 11 is 0. The first-order valence-corrected chi connectivity index (χ1v) is 12.7. The van der Waals surface area contributed by atoms with Crippen LogP contribution in [-0.2, 0) is 11.2 Å². The molecule has 0 aromatic heterocycles. The molecular formula is C30H31F3N2O5. The van der Waals surface area contributed by atoms with Crippen LogP contribution in [0.15, 0.2) is 72.3 Å². The zero-order valence-corrected chi connectivity index (χ0v) is 21.7. The van der Waals surface area contributed by atoms with Crippen LogP contribution >= 0.6 is 0 Å². The molecule has 0 spiro atoms. The topological polar surface area (TPSA) is 125 Å². The van der Waals surface area contributed by atoms with Gasteiger partial charge in [-0.05, 0) is 104 Å². The molecular weight excluding hydrogens is 525 g/mol. The molecule has 3 aromatic carbocycles. The lowest BCUT2D eigenvalue weighted by molar-refractivity contribution is -0.136. The van der Waals surface area contributed by atoms with E-state index >= 15 is 0 Å². The molecule has 0 saturated carbocycles. The van der Waals surface area contributed by atoms with Crippen LogP contribution in [0.2, 0.25) is 0 Å². The average molecular weight is 557 g/mol. The molecule has 40 heavy (non-hydrogen) atoms. The Balaban J connectivity index is 1.50. The molecule has 0 aliphatic rings. The van der Waals surface area contributed by atoms with Crippen LogP contribution in [0.3, 0.4) is 0 Å². The Morgan fingerprint density at radius 2 is 1.48 bits per heavy atom. The monoisotopic (exact) mass is 556 g/mol. The zero-order valence-electron chi connectivity index (χ0n) is 21.7. The van der Waals surface area contributed by atoms with Gasteiger partial charge in [-0.2, -0.15) is 13.2 Å². The first kappa shape index (κ1) is 30.1. The van der Waals surface area contributed by atoms with Crippen molar-refractivity contribution in [2.75, 3.05) is 18.1 Å². The van der Waals surface area contributed by atoms with E-state index in [-0.39, 0.29) is 36.3 Å². The van der Waals surface area contributed by atoms with Gasteiger partial charge in [0, 0.05) is 23.4 Å². The SMILES string of the molecule is Nc1cc(N)cc(CCCC(=Cc2ccc(OC(=O)c3ccc(OCCCCC(F)(F)F)cc3)cc2)C(=O)O)c1. The summed E-state index contributed by atoms with van der Waals surface area (Å²) in [6.07, 6.45) is -1.63. The van der Waals surface area contributed by atoms with Crippen molar-refractivity contribution < 1.29 is 37.3 Å². The van der Waals surface area contributed by atoms with E-state index in [1.54, 1.807) is 48.5 Å². The minimum absolute atomic E-state index is 0.0137. The molecule has 0 aliphatic heterocycles. The molecule has 0 bridgehead atoms. The predicted octanol–water partition coefficient (Wildman–Crippen LogP) is 6.67. The number of carboxylic acids is 1. The second kappa shape index (κ2) is 14.1. The summed E-state index contributed by atoms with van der Waals surface area (Å²) in [4.78, 5) is 24.2. The number of carboxylic acid groups (broad SMARTS) is 1. The number of alkyl halides is 3. The van der Waals surface area contributed by atoms with Gasteiger partial charge < -0.3 is 26.0 Å². The highest BCUT2D eigenvalue weighted by Crippen LogP contribution is 2.23.